The van der Waals surface area contributed by atoms with Crippen LogP contribution >= 0.6 is 0 Å². The number of carbonyl (C=O) groups excluding carboxylic acids is 1. The number of aryl methyl sites for hydroxylation is 1. The SMILES string of the molecule is COC(=O)c1cnc(N2CCC2)c(C)n1. The highest BCUT2D eigenvalue weighted by molar-refractivity contribution is 5.87. The molecule has 0 radical (unpaired) electrons. The van der Waals surface area contributed by atoms with Gasteiger partial charge in [-0.05, 0) is 13.3 Å². The topological polar surface area (TPSA) is 55.3 Å². The van der Waals surface area contributed by atoms with E-state index in [1.807, 2.05) is 6.92 Å². The second-order valence-electron chi connectivity index (χ2n) is 3.50. The minimum Gasteiger partial charge on any atom is -0.464 e. The van der Waals surface area contributed by atoms with Crippen LogP contribution in [0.15, 0.2) is 6.20 Å². The van der Waals surface area contributed by atoms with Gasteiger partial charge in [-0.1, -0.05) is 0 Å². The third kappa shape index (κ3) is 1.77. The van der Waals surface area contributed by atoms with Gasteiger partial charge in [0.05, 0.1) is 19.0 Å². The van der Waals surface area contributed by atoms with E-state index in [9.17, 15) is 4.79 Å². The van der Waals surface area contributed by atoms with Crippen LogP contribution in [-0.4, -0.2) is 36.1 Å². The normalized spacial score (nSPS) is 14.7. The first kappa shape index (κ1) is 9.89. The molecule has 15 heavy (non-hydrogen) atoms. The number of hydrogen-bond acceptors (Lipinski definition) is 5. The number of ether oxygens (including phenoxy) is 1. The molecule has 0 N–H and O–H groups in total. The number of rotatable bonds is 2. The Morgan fingerprint density at radius 1 is 1.53 bits per heavy atom. The van der Waals surface area contributed by atoms with Crippen molar-refractivity contribution in [2.45, 2.75) is 13.3 Å². The Morgan fingerprint density at radius 2 is 2.27 bits per heavy atom. The van der Waals surface area contributed by atoms with Crippen molar-refractivity contribution in [1.29, 1.82) is 0 Å². The maximum atomic E-state index is 11.2. The lowest BCUT2D eigenvalue weighted by atomic mass is 10.2. The summed E-state index contributed by atoms with van der Waals surface area (Å²) >= 11 is 0. The van der Waals surface area contributed by atoms with E-state index in [1.165, 1.54) is 19.7 Å². The summed E-state index contributed by atoms with van der Waals surface area (Å²) in [5.41, 5.74) is 1.04. The first-order valence-electron chi connectivity index (χ1n) is 4.89. The summed E-state index contributed by atoms with van der Waals surface area (Å²) in [5, 5.41) is 0. The van der Waals surface area contributed by atoms with E-state index in [0.29, 0.717) is 0 Å². The Balaban J connectivity index is 2.25. The van der Waals surface area contributed by atoms with E-state index in [4.69, 9.17) is 0 Å². The van der Waals surface area contributed by atoms with Gasteiger partial charge in [0.2, 0.25) is 0 Å². The van der Waals surface area contributed by atoms with Crippen molar-refractivity contribution in [3.05, 3.63) is 17.6 Å². The molecule has 2 heterocycles. The fourth-order valence-corrected chi connectivity index (χ4v) is 1.52. The van der Waals surface area contributed by atoms with Crippen LogP contribution in [0.5, 0.6) is 0 Å². The zero-order valence-corrected chi connectivity index (χ0v) is 8.86. The summed E-state index contributed by atoms with van der Waals surface area (Å²) in [7, 11) is 1.34. The third-order valence-electron chi connectivity index (χ3n) is 2.47. The van der Waals surface area contributed by atoms with Gasteiger partial charge in [-0.25, -0.2) is 14.8 Å². The zero-order chi connectivity index (χ0) is 10.8. The molecule has 1 saturated heterocycles. The highest BCUT2D eigenvalue weighted by Crippen LogP contribution is 2.20. The van der Waals surface area contributed by atoms with E-state index in [1.54, 1.807) is 0 Å². The summed E-state index contributed by atoms with van der Waals surface area (Å²) in [5.74, 6) is 0.426. The van der Waals surface area contributed by atoms with Crippen LogP contribution in [0, 0.1) is 6.92 Å². The Hall–Kier alpha value is -1.65. The number of carbonyl (C=O) groups is 1. The van der Waals surface area contributed by atoms with Crippen molar-refractivity contribution in [3.8, 4) is 0 Å². The lowest BCUT2D eigenvalue weighted by Crippen LogP contribution is -2.38. The lowest BCUT2D eigenvalue weighted by Gasteiger charge is -2.32. The molecular formula is C10H13N3O2. The summed E-state index contributed by atoms with van der Waals surface area (Å²) in [6, 6.07) is 0. The van der Waals surface area contributed by atoms with Crippen LogP contribution in [0.4, 0.5) is 5.82 Å². The fourth-order valence-electron chi connectivity index (χ4n) is 1.52. The Labute approximate surface area is 88.1 Å². The van der Waals surface area contributed by atoms with Gasteiger partial charge in [0.25, 0.3) is 0 Å². The number of methoxy groups -OCH3 is 1. The molecule has 0 unspecified atom stereocenters. The fraction of sp³-hybridized carbons (Fsp3) is 0.500. The van der Waals surface area contributed by atoms with Crippen molar-refractivity contribution >= 4 is 11.8 Å². The quantitative estimate of drug-likeness (QED) is 0.671. The van der Waals surface area contributed by atoms with Gasteiger partial charge < -0.3 is 9.64 Å². The van der Waals surface area contributed by atoms with Gasteiger partial charge >= 0.3 is 5.97 Å². The third-order valence-corrected chi connectivity index (χ3v) is 2.47. The van der Waals surface area contributed by atoms with Crippen molar-refractivity contribution < 1.29 is 9.53 Å². The molecule has 0 atom stereocenters. The molecule has 1 aliphatic rings. The van der Waals surface area contributed by atoms with E-state index in [0.717, 1.165) is 24.6 Å². The molecule has 0 spiro atoms. The number of anilines is 1. The van der Waals surface area contributed by atoms with Gasteiger partial charge in [-0.3, -0.25) is 0 Å². The van der Waals surface area contributed by atoms with Crippen molar-refractivity contribution in [1.82, 2.24) is 9.97 Å². The van der Waals surface area contributed by atoms with Crippen molar-refractivity contribution in [2.24, 2.45) is 0 Å². The Morgan fingerprint density at radius 3 is 2.73 bits per heavy atom. The second-order valence-corrected chi connectivity index (χ2v) is 3.50. The zero-order valence-electron chi connectivity index (χ0n) is 8.86. The molecule has 1 aromatic heterocycles. The predicted octanol–water partition coefficient (Wildman–Crippen LogP) is 0.782. The van der Waals surface area contributed by atoms with E-state index in [-0.39, 0.29) is 5.69 Å². The summed E-state index contributed by atoms with van der Waals surface area (Å²) in [4.78, 5) is 21.7. The maximum absolute atomic E-state index is 11.2. The monoisotopic (exact) mass is 207 g/mol. The van der Waals surface area contributed by atoms with Crippen molar-refractivity contribution in [3.63, 3.8) is 0 Å². The summed E-state index contributed by atoms with van der Waals surface area (Å²) in [6.07, 6.45) is 2.66. The molecule has 0 amide bonds. The van der Waals surface area contributed by atoms with Crippen LogP contribution in [0.3, 0.4) is 0 Å². The molecule has 0 saturated carbocycles. The maximum Gasteiger partial charge on any atom is 0.358 e. The van der Waals surface area contributed by atoms with Crippen LogP contribution in [0.1, 0.15) is 22.6 Å². The number of aromatic nitrogens is 2. The van der Waals surface area contributed by atoms with Crippen LogP contribution in [-0.2, 0) is 4.74 Å². The van der Waals surface area contributed by atoms with Gasteiger partial charge in [0.1, 0.15) is 5.82 Å². The standard InChI is InChI=1S/C10H13N3O2/c1-7-9(13-4-3-5-13)11-6-8(12-7)10(14)15-2/h6H,3-5H2,1-2H3. The lowest BCUT2D eigenvalue weighted by molar-refractivity contribution is 0.0593. The smallest absolute Gasteiger partial charge is 0.358 e. The summed E-state index contributed by atoms with van der Waals surface area (Å²) in [6.45, 7) is 3.90. The highest BCUT2D eigenvalue weighted by Gasteiger charge is 2.19. The van der Waals surface area contributed by atoms with Crippen molar-refractivity contribution in [2.75, 3.05) is 25.1 Å². The molecule has 5 nitrogen and oxygen atoms in total. The largest absolute Gasteiger partial charge is 0.464 e. The first-order valence-corrected chi connectivity index (χ1v) is 4.89. The van der Waals surface area contributed by atoms with E-state index >= 15 is 0 Å². The average Bonchev–Trinajstić information content (AvgIpc) is 2.17. The van der Waals surface area contributed by atoms with E-state index in [2.05, 4.69) is 19.6 Å². The first-order chi connectivity index (χ1) is 7.22. The molecule has 1 fully saturated rings. The molecule has 0 aromatic carbocycles. The molecule has 5 heteroatoms. The molecule has 0 bridgehead atoms. The minimum atomic E-state index is -0.444. The van der Waals surface area contributed by atoms with Crippen LogP contribution in [0.25, 0.3) is 0 Å². The van der Waals surface area contributed by atoms with Gasteiger partial charge in [-0.2, -0.15) is 0 Å². The van der Waals surface area contributed by atoms with Crippen LogP contribution < -0.4 is 4.90 Å². The Bertz CT molecular complexity index is 388. The highest BCUT2D eigenvalue weighted by atomic mass is 16.5. The predicted molar refractivity (Wildman–Crippen MR) is 54.9 cm³/mol. The number of nitrogens with zero attached hydrogens (tertiary/aromatic N) is 3. The van der Waals surface area contributed by atoms with Gasteiger partial charge in [-0.15, -0.1) is 0 Å². The molecule has 0 aliphatic carbocycles. The molecular weight excluding hydrogens is 194 g/mol. The Kier molecular flexibility index (Phi) is 2.53. The number of hydrogen-bond donors (Lipinski definition) is 0. The molecule has 80 valence electrons. The summed E-state index contributed by atoms with van der Waals surface area (Å²) < 4.78 is 4.58. The second kappa shape index (κ2) is 3.84. The van der Waals surface area contributed by atoms with Gasteiger partial charge in [0, 0.05) is 13.1 Å². The van der Waals surface area contributed by atoms with E-state index < -0.39 is 5.97 Å². The van der Waals surface area contributed by atoms with Crippen LogP contribution in [0.2, 0.25) is 0 Å². The molecule has 2 rings (SSSR count). The molecule has 1 aromatic rings. The minimum absolute atomic E-state index is 0.263. The number of esters is 1. The van der Waals surface area contributed by atoms with Gasteiger partial charge in [0.15, 0.2) is 5.69 Å². The average molecular weight is 207 g/mol. The molecule has 1 aliphatic heterocycles.